The summed E-state index contributed by atoms with van der Waals surface area (Å²) in [4.78, 5) is 11.8. The summed E-state index contributed by atoms with van der Waals surface area (Å²) in [6.07, 6.45) is 1.54. The number of fused-ring (bicyclic) bond motifs is 1. The van der Waals surface area contributed by atoms with Crippen molar-refractivity contribution in [2.24, 2.45) is 5.41 Å². The molecule has 0 unspecified atom stereocenters. The lowest BCUT2D eigenvalue weighted by molar-refractivity contribution is -0.148. The number of rotatable bonds is 3. The lowest BCUT2D eigenvalue weighted by Crippen LogP contribution is -2.34. The molecule has 0 fully saturated rings. The van der Waals surface area contributed by atoms with Crippen LogP contribution in [0.3, 0.4) is 0 Å². The molecule has 0 aromatic heterocycles. The minimum Gasteiger partial charge on any atom is -0.508 e. The lowest BCUT2D eigenvalue weighted by atomic mass is 9.79. The molecule has 0 saturated carbocycles. The maximum Gasteiger partial charge on any atom is 0.310 e. The minimum absolute atomic E-state index is 0.179. The summed E-state index contributed by atoms with van der Waals surface area (Å²) in [6.45, 7) is 0. The van der Waals surface area contributed by atoms with Crippen molar-refractivity contribution in [3.8, 4) is 5.75 Å². The SMILES string of the molecule is O=C(O)C1(Cc2cccc(O)c2)Cc2ccccc2C1. The molecule has 0 saturated heterocycles. The molecule has 3 heteroatoms. The van der Waals surface area contributed by atoms with E-state index in [9.17, 15) is 15.0 Å². The first-order valence-corrected chi connectivity index (χ1v) is 6.67. The summed E-state index contributed by atoms with van der Waals surface area (Å²) in [5.41, 5.74) is 2.31. The van der Waals surface area contributed by atoms with Gasteiger partial charge in [0.2, 0.25) is 0 Å². The fourth-order valence-electron chi connectivity index (χ4n) is 3.10. The van der Waals surface area contributed by atoms with Crippen LogP contribution in [0.25, 0.3) is 0 Å². The summed E-state index contributed by atoms with van der Waals surface area (Å²) in [6, 6.07) is 14.8. The van der Waals surface area contributed by atoms with Crippen molar-refractivity contribution in [3.63, 3.8) is 0 Å². The van der Waals surface area contributed by atoms with E-state index in [1.807, 2.05) is 30.3 Å². The van der Waals surface area contributed by atoms with Gasteiger partial charge in [0, 0.05) is 0 Å². The smallest absolute Gasteiger partial charge is 0.310 e. The Morgan fingerprint density at radius 3 is 2.25 bits per heavy atom. The Hall–Kier alpha value is -2.29. The predicted octanol–water partition coefficient (Wildman–Crippen LogP) is 2.80. The van der Waals surface area contributed by atoms with Crippen LogP contribution < -0.4 is 0 Å². The number of carbonyl (C=O) groups is 1. The maximum absolute atomic E-state index is 11.8. The maximum atomic E-state index is 11.8. The quantitative estimate of drug-likeness (QED) is 0.900. The molecule has 3 rings (SSSR count). The van der Waals surface area contributed by atoms with E-state index in [-0.39, 0.29) is 5.75 Å². The third-order valence-corrected chi connectivity index (χ3v) is 4.08. The van der Waals surface area contributed by atoms with Crippen molar-refractivity contribution in [1.82, 2.24) is 0 Å². The van der Waals surface area contributed by atoms with E-state index in [4.69, 9.17) is 0 Å². The molecule has 2 N–H and O–H groups in total. The number of phenolic OH excluding ortho intramolecular Hbond substituents is 1. The molecule has 1 aliphatic carbocycles. The van der Waals surface area contributed by atoms with Crippen LogP contribution in [0.15, 0.2) is 48.5 Å². The van der Waals surface area contributed by atoms with Crippen LogP contribution in [0.4, 0.5) is 0 Å². The van der Waals surface area contributed by atoms with Gasteiger partial charge in [-0.25, -0.2) is 0 Å². The highest BCUT2D eigenvalue weighted by atomic mass is 16.4. The van der Waals surface area contributed by atoms with Gasteiger partial charge in [0.1, 0.15) is 5.75 Å². The molecule has 0 amide bonds. The van der Waals surface area contributed by atoms with Crippen LogP contribution in [0.5, 0.6) is 5.75 Å². The van der Waals surface area contributed by atoms with Crippen LogP contribution >= 0.6 is 0 Å². The van der Waals surface area contributed by atoms with Crippen LogP contribution in [0.1, 0.15) is 16.7 Å². The van der Waals surface area contributed by atoms with Crippen molar-refractivity contribution < 1.29 is 15.0 Å². The summed E-state index contributed by atoms with van der Waals surface area (Å²) in [7, 11) is 0. The topological polar surface area (TPSA) is 57.5 Å². The van der Waals surface area contributed by atoms with Gasteiger partial charge in [0.05, 0.1) is 5.41 Å². The molecule has 2 aromatic rings. The second-order valence-corrected chi connectivity index (χ2v) is 5.55. The molecule has 0 bridgehead atoms. The zero-order valence-electron chi connectivity index (χ0n) is 11.0. The zero-order chi connectivity index (χ0) is 14.2. The lowest BCUT2D eigenvalue weighted by Gasteiger charge is -2.24. The third kappa shape index (κ3) is 2.16. The number of benzene rings is 2. The van der Waals surface area contributed by atoms with Gasteiger partial charge in [-0.1, -0.05) is 36.4 Å². The van der Waals surface area contributed by atoms with Gasteiger partial charge in [-0.2, -0.15) is 0 Å². The normalized spacial score (nSPS) is 15.8. The molecule has 2 aromatic carbocycles. The molecule has 1 aliphatic rings. The van der Waals surface area contributed by atoms with Crippen molar-refractivity contribution in [2.45, 2.75) is 19.3 Å². The highest BCUT2D eigenvalue weighted by Gasteiger charge is 2.43. The number of aliphatic carboxylic acids is 1. The molecule has 0 spiro atoms. The van der Waals surface area contributed by atoms with Gasteiger partial charge in [0.15, 0.2) is 0 Å². The number of phenols is 1. The largest absolute Gasteiger partial charge is 0.508 e. The summed E-state index contributed by atoms with van der Waals surface area (Å²) < 4.78 is 0. The van der Waals surface area contributed by atoms with Gasteiger partial charge in [0.25, 0.3) is 0 Å². The Morgan fingerprint density at radius 1 is 1.05 bits per heavy atom. The molecule has 102 valence electrons. The molecule has 0 radical (unpaired) electrons. The second-order valence-electron chi connectivity index (χ2n) is 5.55. The first-order valence-electron chi connectivity index (χ1n) is 6.67. The number of hydrogen-bond acceptors (Lipinski definition) is 2. The molecule has 3 nitrogen and oxygen atoms in total. The van der Waals surface area contributed by atoms with Crippen LogP contribution in [-0.4, -0.2) is 16.2 Å². The first-order chi connectivity index (χ1) is 9.59. The van der Waals surface area contributed by atoms with Gasteiger partial charge in [-0.05, 0) is 48.1 Å². The van der Waals surface area contributed by atoms with E-state index in [2.05, 4.69) is 0 Å². The van der Waals surface area contributed by atoms with Crippen LogP contribution in [0.2, 0.25) is 0 Å². The highest BCUT2D eigenvalue weighted by Crippen LogP contribution is 2.40. The van der Waals surface area contributed by atoms with E-state index in [1.165, 1.54) is 0 Å². The number of aromatic hydroxyl groups is 1. The van der Waals surface area contributed by atoms with E-state index >= 15 is 0 Å². The summed E-state index contributed by atoms with van der Waals surface area (Å²) >= 11 is 0. The number of carboxylic acid groups (broad SMARTS) is 1. The molecular formula is C17H16O3. The second kappa shape index (κ2) is 4.67. The number of hydrogen-bond donors (Lipinski definition) is 2. The van der Waals surface area contributed by atoms with E-state index in [0.29, 0.717) is 19.3 Å². The molecule has 0 aliphatic heterocycles. The van der Waals surface area contributed by atoms with Crippen LogP contribution in [0, 0.1) is 5.41 Å². The van der Waals surface area contributed by atoms with Gasteiger partial charge >= 0.3 is 5.97 Å². The summed E-state index contributed by atoms with van der Waals surface area (Å²) in [5.74, 6) is -0.587. The standard InChI is InChI=1S/C17H16O3/c18-15-7-3-4-12(8-15)9-17(16(19)20)10-13-5-1-2-6-14(13)11-17/h1-8,18H,9-11H2,(H,19,20). The van der Waals surface area contributed by atoms with Crippen molar-refractivity contribution in [2.75, 3.05) is 0 Å². The number of carboxylic acids is 1. The molecule has 20 heavy (non-hydrogen) atoms. The van der Waals surface area contributed by atoms with Crippen molar-refractivity contribution >= 4 is 5.97 Å². The van der Waals surface area contributed by atoms with Gasteiger partial charge in [-0.15, -0.1) is 0 Å². The predicted molar refractivity (Wildman–Crippen MR) is 75.7 cm³/mol. The van der Waals surface area contributed by atoms with Gasteiger partial charge in [-0.3, -0.25) is 4.79 Å². The fraction of sp³-hybridized carbons (Fsp3) is 0.235. The monoisotopic (exact) mass is 268 g/mol. The van der Waals surface area contributed by atoms with Crippen LogP contribution in [-0.2, 0) is 24.1 Å². The average molecular weight is 268 g/mol. The first kappa shape index (κ1) is 12.7. The Labute approximate surface area is 117 Å². The molecular weight excluding hydrogens is 252 g/mol. The van der Waals surface area contributed by atoms with E-state index < -0.39 is 11.4 Å². The molecule has 0 atom stereocenters. The highest BCUT2D eigenvalue weighted by molar-refractivity contribution is 5.77. The van der Waals surface area contributed by atoms with Crippen molar-refractivity contribution in [1.29, 1.82) is 0 Å². The average Bonchev–Trinajstić information content (AvgIpc) is 2.78. The Balaban J connectivity index is 1.94. The van der Waals surface area contributed by atoms with Crippen molar-refractivity contribution in [3.05, 3.63) is 65.2 Å². The fourth-order valence-corrected chi connectivity index (χ4v) is 3.10. The van der Waals surface area contributed by atoms with E-state index in [0.717, 1.165) is 16.7 Å². The minimum atomic E-state index is -0.794. The van der Waals surface area contributed by atoms with E-state index in [1.54, 1.807) is 18.2 Å². The molecule has 0 heterocycles. The third-order valence-electron chi connectivity index (χ3n) is 4.08. The Kier molecular flexibility index (Phi) is 2.97. The Morgan fingerprint density at radius 2 is 1.70 bits per heavy atom. The van der Waals surface area contributed by atoms with Gasteiger partial charge < -0.3 is 10.2 Å². The zero-order valence-corrected chi connectivity index (χ0v) is 11.0. The Bertz CT molecular complexity index is 636. The summed E-state index contributed by atoms with van der Waals surface area (Å²) in [5, 5.41) is 19.2.